The molecule has 67 heavy (non-hydrogen) atoms. The second-order valence-electron chi connectivity index (χ2n) is 15.3. The highest BCUT2D eigenvalue weighted by Gasteiger charge is 2.14. The van der Waals surface area contributed by atoms with Crippen molar-refractivity contribution in [3.8, 4) is 12.1 Å². The largest absolute Gasteiger partial charge is 0.457 e. The molecular formula is C60H42N4OS2. The topological polar surface area (TPSA) is 63.3 Å². The number of nitriles is 2. The Bertz CT molecular complexity index is 2950. The maximum absolute atomic E-state index is 9.72. The van der Waals surface area contributed by atoms with Crippen LogP contribution in [0.1, 0.15) is 30.6 Å². The number of allylic oxidation sites excluding steroid dienone is 6. The Morgan fingerprint density at radius 1 is 0.358 bits per heavy atom. The van der Waals surface area contributed by atoms with Crippen LogP contribution in [0.2, 0.25) is 0 Å². The molecule has 9 rings (SSSR count). The molecule has 2 aromatic heterocycles. The van der Waals surface area contributed by atoms with Crippen LogP contribution in [0.5, 0.6) is 0 Å². The summed E-state index contributed by atoms with van der Waals surface area (Å²) in [5.74, 6) is 1.06. The van der Waals surface area contributed by atoms with Crippen LogP contribution in [0.25, 0.3) is 36.5 Å². The number of benzene rings is 6. The molecule has 0 saturated heterocycles. The average Bonchev–Trinajstić information content (AvgIpc) is 4.06. The highest BCUT2D eigenvalue weighted by Crippen LogP contribution is 2.36. The Hall–Kier alpha value is -8.72. The van der Waals surface area contributed by atoms with Crippen LogP contribution in [0.4, 0.5) is 34.1 Å². The van der Waals surface area contributed by atoms with Crippen molar-refractivity contribution in [3.05, 3.63) is 272 Å². The molecule has 0 fully saturated rings. The lowest BCUT2D eigenvalue weighted by Crippen LogP contribution is -2.09. The Kier molecular flexibility index (Phi) is 13.8. The van der Waals surface area contributed by atoms with Crippen molar-refractivity contribution in [2.24, 2.45) is 0 Å². The number of nitrogens with zero attached hydrogens (tertiary/aromatic N) is 4. The van der Waals surface area contributed by atoms with Crippen LogP contribution in [0.3, 0.4) is 0 Å². The van der Waals surface area contributed by atoms with E-state index in [2.05, 4.69) is 204 Å². The van der Waals surface area contributed by atoms with Gasteiger partial charge in [0.15, 0.2) is 0 Å². The smallest absolute Gasteiger partial charge is 0.137 e. The van der Waals surface area contributed by atoms with Gasteiger partial charge in [0, 0.05) is 59.2 Å². The summed E-state index contributed by atoms with van der Waals surface area (Å²) in [4.78, 5) is 8.78. The van der Waals surface area contributed by atoms with Crippen LogP contribution >= 0.6 is 22.7 Å². The van der Waals surface area contributed by atoms with Gasteiger partial charge in [0.05, 0.1) is 0 Å². The van der Waals surface area contributed by atoms with Crippen LogP contribution in [-0.4, -0.2) is 0 Å². The highest BCUT2D eigenvalue weighted by molar-refractivity contribution is 7.14. The number of para-hydroxylation sites is 4. The molecule has 5 nitrogen and oxygen atoms in total. The molecule has 1 aliphatic rings. The maximum atomic E-state index is 9.72. The van der Waals surface area contributed by atoms with Crippen molar-refractivity contribution in [1.82, 2.24) is 0 Å². The van der Waals surface area contributed by atoms with E-state index < -0.39 is 0 Å². The first kappa shape index (κ1) is 43.5. The van der Waals surface area contributed by atoms with Gasteiger partial charge in [-0.1, -0.05) is 109 Å². The van der Waals surface area contributed by atoms with Gasteiger partial charge in [-0.3, -0.25) is 0 Å². The zero-order chi connectivity index (χ0) is 45.6. The number of thiophene rings is 2. The summed E-state index contributed by atoms with van der Waals surface area (Å²) >= 11 is 3.31. The fourth-order valence-corrected chi connectivity index (χ4v) is 9.09. The van der Waals surface area contributed by atoms with Crippen molar-refractivity contribution in [2.45, 2.75) is 0 Å². The second-order valence-corrected chi connectivity index (χ2v) is 17.6. The van der Waals surface area contributed by atoms with Gasteiger partial charge in [0.25, 0.3) is 0 Å². The van der Waals surface area contributed by atoms with Crippen LogP contribution in [0.15, 0.2) is 241 Å². The fraction of sp³-hybridized carbons (Fsp3) is 0. The molecule has 3 heterocycles. The van der Waals surface area contributed by atoms with E-state index in [4.69, 9.17) is 4.74 Å². The van der Waals surface area contributed by atoms with Crippen molar-refractivity contribution < 1.29 is 4.74 Å². The number of rotatable bonds is 14. The third kappa shape index (κ3) is 11.2. The molecule has 0 spiro atoms. The molecule has 320 valence electrons. The lowest BCUT2D eigenvalue weighted by molar-refractivity contribution is 0.332. The molecule has 1 aliphatic heterocycles. The minimum atomic E-state index is 0.0222. The summed E-state index contributed by atoms with van der Waals surface area (Å²) in [6.45, 7) is 0. The van der Waals surface area contributed by atoms with Crippen molar-refractivity contribution in [3.63, 3.8) is 0 Å². The fourth-order valence-electron chi connectivity index (χ4n) is 7.46. The molecular weight excluding hydrogens is 857 g/mol. The monoisotopic (exact) mass is 898 g/mol. The van der Waals surface area contributed by atoms with E-state index in [0.29, 0.717) is 17.1 Å². The van der Waals surface area contributed by atoms with Gasteiger partial charge < -0.3 is 14.5 Å². The van der Waals surface area contributed by atoms with E-state index in [0.717, 1.165) is 64.8 Å². The molecule has 0 amide bonds. The zero-order valence-corrected chi connectivity index (χ0v) is 37.9. The predicted molar refractivity (Wildman–Crippen MR) is 282 cm³/mol. The van der Waals surface area contributed by atoms with Crippen LogP contribution in [0, 0.1) is 22.7 Å². The van der Waals surface area contributed by atoms with Crippen molar-refractivity contribution >= 4 is 93.3 Å². The summed E-state index contributed by atoms with van der Waals surface area (Å²) < 4.78 is 6.26. The Morgan fingerprint density at radius 3 is 0.970 bits per heavy atom. The van der Waals surface area contributed by atoms with Gasteiger partial charge >= 0.3 is 0 Å². The van der Waals surface area contributed by atoms with E-state index in [1.807, 2.05) is 60.7 Å². The summed E-state index contributed by atoms with van der Waals surface area (Å²) in [5, 5.41) is 19.4. The number of hydrogen-bond acceptors (Lipinski definition) is 7. The second kappa shape index (κ2) is 21.3. The van der Waals surface area contributed by atoms with Gasteiger partial charge in [-0.15, -0.1) is 22.7 Å². The minimum Gasteiger partial charge on any atom is -0.457 e. The Morgan fingerprint density at radius 2 is 0.657 bits per heavy atom. The van der Waals surface area contributed by atoms with Gasteiger partial charge in [0.1, 0.15) is 29.2 Å². The van der Waals surface area contributed by atoms with Gasteiger partial charge in [0.2, 0.25) is 0 Å². The maximum Gasteiger partial charge on any atom is 0.137 e. The number of anilines is 6. The van der Waals surface area contributed by atoms with Crippen molar-refractivity contribution in [1.29, 1.82) is 10.5 Å². The zero-order valence-electron chi connectivity index (χ0n) is 36.3. The SMILES string of the molecule is N#CC(C#N)=C1C=C(/C=C/c2ccc(/C=C/c3ccc(N(c4ccccc4)c4ccccc4)cc3)s2)OC(/C=C/c2ccc(/C=C/c3ccc(N(c4ccccc4)c4ccccc4)cc3)s2)=C1. The lowest BCUT2D eigenvalue weighted by atomic mass is 10.1. The molecule has 0 bridgehead atoms. The average molecular weight is 899 g/mol. The summed E-state index contributed by atoms with van der Waals surface area (Å²) in [6.07, 6.45) is 19.7. The predicted octanol–water partition coefficient (Wildman–Crippen LogP) is 17.0. The molecule has 0 N–H and O–H groups in total. The minimum absolute atomic E-state index is 0.0222. The first-order valence-corrected chi connectivity index (χ1v) is 23.3. The highest BCUT2D eigenvalue weighted by atomic mass is 32.1. The molecule has 8 aromatic rings. The first-order valence-electron chi connectivity index (χ1n) is 21.7. The standard InChI is InChI=1S/C60H42N4OS2/c61-43-48(44-62)47-41-55(31-35-59-39-37-57(66-59)33-25-45-21-27-53(28-22-45)63(49-13-5-1-6-14-49)50-15-7-2-8-16-50)65-56(42-47)32-36-60-40-38-58(67-60)34-26-46-23-29-54(30-24-46)64(51-17-9-3-10-18-51)52-19-11-4-12-20-52/h1-42H/b33-25+,34-26+,35-31+,36-32+. The molecule has 0 atom stereocenters. The normalized spacial score (nSPS) is 12.5. The Balaban J connectivity index is 0.838. The van der Waals surface area contributed by atoms with E-state index >= 15 is 0 Å². The summed E-state index contributed by atoms with van der Waals surface area (Å²) in [7, 11) is 0. The summed E-state index contributed by atoms with van der Waals surface area (Å²) in [5.41, 5.74) is 9.29. The molecule has 7 heteroatoms. The molecule has 0 unspecified atom stereocenters. The number of ether oxygens (including phenoxy) is 1. The first-order chi connectivity index (χ1) is 33.1. The number of hydrogen-bond donors (Lipinski definition) is 0. The Labute approximate surface area is 400 Å². The van der Waals surface area contributed by atoms with Gasteiger partial charge in [-0.05, 0) is 157 Å². The lowest BCUT2D eigenvalue weighted by Gasteiger charge is -2.25. The third-order valence-corrected chi connectivity index (χ3v) is 12.7. The van der Waals surface area contributed by atoms with E-state index in [1.165, 1.54) is 0 Å². The van der Waals surface area contributed by atoms with Crippen LogP contribution in [-0.2, 0) is 4.74 Å². The van der Waals surface area contributed by atoms with Crippen molar-refractivity contribution in [2.75, 3.05) is 9.80 Å². The quantitative estimate of drug-likeness (QED) is 0.102. The molecule has 0 saturated carbocycles. The molecule has 0 aliphatic carbocycles. The third-order valence-electron chi connectivity index (χ3n) is 10.7. The van der Waals surface area contributed by atoms with Gasteiger partial charge in [-0.2, -0.15) is 10.5 Å². The van der Waals surface area contributed by atoms with Crippen LogP contribution < -0.4 is 9.80 Å². The van der Waals surface area contributed by atoms with E-state index in [-0.39, 0.29) is 5.57 Å². The molecule has 0 radical (unpaired) electrons. The van der Waals surface area contributed by atoms with E-state index in [1.54, 1.807) is 34.8 Å². The molecule has 6 aromatic carbocycles. The van der Waals surface area contributed by atoms with Gasteiger partial charge in [-0.25, -0.2) is 0 Å². The summed E-state index contributed by atoms with van der Waals surface area (Å²) in [6, 6.07) is 71.0. The van der Waals surface area contributed by atoms with E-state index in [9.17, 15) is 10.5 Å².